The molecule has 49 heavy (non-hydrogen) atoms. The summed E-state index contributed by atoms with van der Waals surface area (Å²) in [5.74, 6) is -2.70. The molecule has 11 nitrogen and oxygen atoms in total. The van der Waals surface area contributed by atoms with E-state index in [4.69, 9.17) is 5.73 Å². The van der Waals surface area contributed by atoms with Crippen LogP contribution in [0.5, 0.6) is 0 Å². The Morgan fingerprint density at radius 1 is 0.837 bits per heavy atom. The zero-order valence-electron chi connectivity index (χ0n) is 27.0. The topological polar surface area (TPSA) is 171 Å². The van der Waals surface area contributed by atoms with Crippen molar-refractivity contribution in [2.75, 3.05) is 13.1 Å². The van der Waals surface area contributed by atoms with E-state index < -0.39 is 41.8 Å². The number of carbonyl (C=O) groups excluding carboxylic acids is 3. The number of nitrogens with one attached hydrogen (secondary N) is 3. The third-order valence-electron chi connectivity index (χ3n) is 9.27. The summed E-state index contributed by atoms with van der Waals surface area (Å²) in [5.41, 5.74) is 9.67. The van der Waals surface area contributed by atoms with Crippen LogP contribution in [-0.2, 0) is 38.4 Å². The number of aromatic nitrogens is 2. The molecule has 3 heterocycles. The van der Waals surface area contributed by atoms with Crippen LogP contribution in [-0.4, -0.2) is 74.9 Å². The number of para-hydroxylation sites is 1. The van der Waals surface area contributed by atoms with Crippen LogP contribution in [0.4, 0.5) is 0 Å². The minimum Gasteiger partial charge on any atom is -0.481 e. The number of likely N-dealkylation sites (tertiary alicyclic amines) is 1. The van der Waals surface area contributed by atoms with Crippen LogP contribution in [0, 0.1) is 5.92 Å². The SMILES string of the molecule is N[C@@H](Cc1cccnc1)C(=O)N[C@H](Cc1c[nH]c2ccccc12)C(=O)N[C@H](Cc1ccc2ccccc2c1)C(=O)N1CCC(C(=O)O)CC1. The van der Waals surface area contributed by atoms with Crippen LogP contribution in [0.2, 0.25) is 0 Å². The number of carboxylic acid groups (broad SMARTS) is 1. The predicted molar refractivity (Wildman–Crippen MR) is 186 cm³/mol. The van der Waals surface area contributed by atoms with Crippen LogP contribution >= 0.6 is 0 Å². The Morgan fingerprint density at radius 2 is 1.57 bits per heavy atom. The number of rotatable bonds is 12. The number of fused-ring (bicyclic) bond motifs is 2. The van der Waals surface area contributed by atoms with Gasteiger partial charge in [-0.2, -0.15) is 0 Å². The molecular formula is C38H40N6O5. The molecule has 1 fully saturated rings. The van der Waals surface area contributed by atoms with Gasteiger partial charge in [-0.3, -0.25) is 24.2 Å². The van der Waals surface area contributed by atoms with Crippen molar-refractivity contribution in [3.05, 3.63) is 114 Å². The quantitative estimate of drug-likeness (QED) is 0.137. The van der Waals surface area contributed by atoms with Crippen molar-refractivity contribution < 1.29 is 24.3 Å². The van der Waals surface area contributed by atoms with Gasteiger partial charge in [-0.15, -0.1) is 0 Å². The van der Waals surface area contributed by atoms with Crippen LogP contribution in [0.1, 0.15) is 29.5 Å². The molecule has 2 aromatic heterocycles. The Kier molecular flexibility index (Phi) is 10.3. The van der Waals surface area contributed by atoms with Gasteiger partial charge >= 0.3 is 5.97 Å². The summed E-state index contributed by atoms with van der Waals surface area (Å²) in [6.45, 7) is 0.553. The van der Waals surface area contributed by atoms with E-state index in [1.807, 2.05) is 79.0 Å². The molecule has 3 atom stereocenters. The highest BCUT2D eigenvalue weighted by Gasteiger charge is 2.34. The summed E-state index contributed by atoms with van der Waals surface area (Å²) in [5, 5.41) is 18.3. The highest BCUT2D eigenvalue weighted by Crippen LogP contribution is 2.22. The van der Waals surface area contributed by atoms with Crippen molar-refractivity contribution in [3.8, 4) is 0 Å². The summed E-state index contributed by atoms with van der Waals surface area (Å²) in [6, 6.07) is 22.2. The van der Waals surface area contributed by atoms with Gasteiger partial charge in [0.2, 0.25) is 17.7 Å². The summed E-state index contributed by atoms with van der Waals surface area (Å²) in [6.07, 6.45) is 6.38. The monoisotopic (exact) mass is 660 g/mol. The largest absolute Gasteiger partial charge is 0.481 e. The summed E-state index contributed by atoms with van der Waals surface area (Å²) >= 11 is 0. The first-order valence-electron chi connectivity index (χ1n) is 16.5. The number of hydrogen-bond acceptors (Lipinski definition) is 6. The number of nitrogens with two attached hydrogens (primary N) is 1. The maximum absolute atomic E-state index is 14.2. The average Bonchev–Trinajstić information content (AvgIpc) is 3.53. The lowest BCUT2D eigenvalue weighted by Crippen LogP contribution is -2.58. The minimum atomic E-state index is -1.05. The molecule has 0 spiro atoms. The van der Waals surface area contributed by atoms with Crippen LogP contribution in [0.15, 0.2) is 97.5 Å². The fourth-order valence-electron chi connectivity index (χ4n) is 6.52. The molecule has 6 N–H and O–H groups in total. The van der Waals surface area contributed by atoms with Gasteiger partial charge in [-0.25, -0.2) is 0 Å². The summed E-state index contributed by atoms with van der Waals surface area (Å²) in [4.78, 5) is 62.3. The standard InChI is InChI=1S/C38H40N6O5/c39-31(19-25-6-5-15-40-22-25)35(45)42-33(21-29-23-41-32-10-4-3-9-30(29)32)36(46)43-34(37(47)44-16-13-27(14-17-44)38(48)49)20-24-11-12-26-7-1-2-8-28(26)18-24/h1-12,15,18,22-23,27,31,33-34,41H,13-14,16-17,19-21,39H2,(H,42,45)(H,43,46)(H,48,49)/t31-,33+,34+/m0/s1. The third-order valence-corrected chi connectivity index (χ3v) is 9.27. The van der Waals surface area contributed by atoms with Gasteiger partial charge in [0.05, 0.1) is 12.0 Å². The summed E-state index contributed by atoms with van der Waals surface area (Å²) < 4.78 is 0. The molecule has 1 aliphatic heterocycles. The lowest BCUT2D eigenvalue weighted by atomic mass is 9.95. The second kappa shape index (κ2) is 15.1. The molecule has 6 rings (SSSR count). The van der Waals surface area contributed by atoms with E-state index >= 15 is 0 Å². The Bertz CT molecular complexity index is 1950. The van der Waals surface area contributed by atoms with Gasteiger partial charge in [0, 0.05) is 55.4 Å². The number of hydrogen-bond donors (Lipinski definition) is 5. The number of amides is 3. The third kappa shape index (κ3) is 8.13. The van der Waals surface area contributed by atoms with Crippen LogP contribution in [0.3, 0.4) is 0 Å². The van der Waals surface area contributed by atoms with Crippen molar-refractivity contribution in [2.24, 2.45) is 11.7 Å². The number of aliphatic carboxylic acids is 1. The fraction of sp³-hybridized carbons (Fsp3) is 0.289. The number of carbonyl (C=O) groups is 4. The highest BCUT2D eigenvalue weighted by molar-refractivity contribution is 5.94. The lowest BCUT2D eigenvalue weighted by Gasteiger charge is -2.33. The van der Waals surface area contributed by atoms with E-state index in [0.29, 0.717) is 12.8 Å². The van der Waals surface area contributed by atoms with E-state index in [0.717, 1.165) is 38.4 Å². The fourth-order valence-corrected chi connectivity index (χ4v) is 6.52. The van der Waals surface area contributed by atoms with Crippen molar-refractivity contribution >= 4 is 45.4 Å². The molecule has 5 aromatic rings. The number of benzene rings is 3. The zero-order chi connectivity index (χ0) is 34.3. The van der Waals surface area contributed by atoms with Crippen LogP contribution < -0.4 is 16.4 Å². The van der Waals surface area contributed by atoms with E-state index in [1.54, 1.807) is 23.4 Å². The average molecular weight is 661 g/mol. The smallest absolute Gasteiger partial charge is 0.306 e. The molecule has 0 radical (unpaired) electrons. The first-order valence-corrected chi connectivity index (χ1v) is 16.5. The van der Waals surface area contributed by atoms with Gasteiger partial charge in [0.15, 0.2) is 0 Å². The molecule has 0 bridgehead atoms. The molecule has 3 amide bonds. The predicted octanol–water partition coefficient (Wildman–Crippen LogP) is 3.36. The molecular weight excluding hydrogens is 620 g/mol. The van der Waals surface area contributed by atoms with Gasteiger partial charge in [-0.1, -0.05) is 66.7 Å². The first-order chi connectivity index (χ1) is 23.7. The number of piperidine rings is 1. The number of H-pyrrole nitrogens is 1. The van der Waals surface area contributed by atoms with Crippen molar-refractivity contribution in [1.29, 1.82) is 0 Å². The second-order valence-electron chi connectivity index (χ2n) is 12.7. The molecule has 1 aliphatic rings. The molecule has 1 saturated heterocycles. The minimum absolute atomic E-state index is 0.155. The van der Waals surface area contributed by atoms with E-state index in [9.17, 15) is 24.3 Å². The lowest BCUT2D eigenvalue weighted by molar-refractivity contribution is -0.146. The number of aromatic amines is 1. The van der Waals surface area contributed by atoms with Gasteiger partial charge in [0.25, 0.3) is 0 Å². The van der Waals surface area contributed by atoms with Crippen molar-refractivity contribution in [1.82, 2.24) is 25.5 Å². The van der Waals surface area contributed by atoms with Gasteiger partial charge < -0.3 is 31.4 Å². The maximum atomic E-state index is 14.2. The number of carboxylic acids is 1. The molecule has 0 saturated carbocycles. The van der Waals surface area contributed by atoms with Crippen molar-refractivity contribution in [2.45, 2.75) is 50.2 Å². The Hall–Kier alpha value is -5.55. The maximum Gasteiger partial charge on any atom is 0.306 e. The highest BCUT2D eigenvalue weighted by atomic mass is 16.4. The Morgan fingerprint density at radius 3 is 2.33 bits per heavy atom. The molecule has 11 heteroatoms. The van der Waals surface area contributed by atoms with E-state index in [2.05, 4.69) is 20.6 Å². The van der Waals surface area contributed by atoms with Crippen molar-refractivity contribution in [3.63, 3.8) is 0 Å². The molecule has 3 aromatic carbocycles. The second-order valence-corrected chi connectivity index (χ2v) is 12.7. The zero-order valence-corrected chi connectivity index (χ0v) is 27.0. The molecule has 0 aliphatic carbocycles. The Balaban J connectivity index is 1.26. The van der Waals surface area contributed by atoms with E-state index in [-0.39, 0.29) is 38.3 Å². The first kappa shape index (κ1) is 33.4. The van der Waals surface area contributed by atoms with Gasteiger partial charge in [0.1, 0.15) is 12.1 Å². The molecule has 0 unspecified atom stereocenters. The summed E-state index contributed by atoms with van der Waals surface area (Å²) in [7, 11) is 0. The Labute approximate surface area is 283 Å². The number of pyridine rings is 1. The normalized spacial score (nSPS) is 15.4. The molecule has 252 valence electrons. The van der Waals surface area contributed by atoms with Crippen LogP contribution in [0.25, 0.3) is 21.7 Å². The number of nitrogens with zero attached hydrogens (tertiary/aromatic N) is 2. The van der Waals surface area contributed by atoms with Gasteiger partial charge in [-0.05, 0) is 58.9 Å². The van der Waals surface area contributed by atoms with E-state index in [1.165, 1.54) is 0 Å².